The molecule has 4 aromatic rings. The zero-order chi connectivity index (χ0) is 22.6. The number of carbonyl (C=O) groups excluding carboxylic acids is 1. The van der Waals surface area contributed by atoms with Gasteiger partial charge in [0.1, 0.15) is 10.8 Å². The Labute approximate surface area is 194 Å². The number of amides is 1. The summed E-state index contributed by atoms with van der Waals surface area (Å²) in [5.41, 5.74) is 2.08. The van der Waals surface area contributed by atoms with E-state index in [1.54, 1.807) is 36.4 Å². The summed E-state index contributed by atoms with van der Waals surface area (Å²) in [6, 6.07) is 16.7. The third-order valence-electron chi connectivity index (χ3n) is 4.45. The van der Waals surface area contributed by atoms with E-state index in [2.05, 4.69) is 15.0 Å². The fourth-order valence-corrected chi connectivity index (χ4v) is 4.81. The van der Waals surface area contributed by atoms with E-state index < -0.39 is 10.0 Å². The number of aromatic nitrogens is 1. The molecule has 7 nitrogen and oxygen atoms in total. The molecule has 0 fully saturated rings. The molecule has 0 saturated heterocycles. The third-order valence-corrected chi connectivity index (χ3v) is 7.06. The normalized spacial score (nSPS) is 11.4. The Balaban J connectivity index is 1.34. The predicted molar refractivity (Wildman–Crippen MR) is 124 cm³/mol. The molecule has 2 aromatic carbocycles. The van der Waals surface area contributed by atoms with Crippen molar-refractivity contribution in [1.82, 2.24) is 9.71 Å². The number of halogens is 1. The fraction of sp³-hybridized carbons (Fsp3) is 0.0909. The largest absolute Gasteiger partial charge is 0.468 e. The molecule has 0 radical (unpaired) electrons. The highest BCUT2D eigenvalue weighted by Crippen LogP contribution is 2.25. The number of hydrogen-bond acceptors (Lipinski definition) is 6. The van der Waals surface area contributed by atoms with E-state index in [0.29, 0.717) is 22.2 Å². The standard InChI is InChI=1S/C22H18ClN3O4S2/c23-16-5-3-15(4-6-16)22-26-18(14-31-22)12-21(27)25-17-7-9-20(10-8-17)32(28,29)24-13-19-2-1-11-30-19/h1-11,14,24H,12-13H2,(H,25,27). The van der Waals surface area contributed by atoms with Crippen LogP contribution in [0.5, 0.6) is 0 Å². The van der Waals surface area contributed by atoms with Crippen molar-refractivity contribution in [3.63, 3.8) is 0 Å². The van der Waals surface area contributed by atoms with Crippen molar-refractivity contribution in [3.05, 3.63) is 88.8 Å². The number of nitrogens with one attached hydrogen (secondary N) is 2. The average Bonchev–Trinajstić information content (AvgIpc) is 3.45. The Kier molecular flexibility index (Phi) is 6.71. The van der Waals surface area contributed by atoms with E-state index in [-0.39, 0.29) is 23.8 Å². The minimum Gasteiger partial charge on any atom is -0.468 e. The Morgan fingerprint density at radius 3 is 2.50 bits per heavy atom. The Bertz CT molecular complexity index is 1300. The van der Waals surface area contributed by atoms with Gasteiger partial charge in [0.05, 0.1) is 29.8 Å². The molecule has 4 rings (SSSR count). The highest BCUT2D eigenvalue weighted by Gasteiger charge is 2.15. The topological polar surface area (TPSA) is 101 Å². The van der Waals surface area contributed by atoms with Crippen LogP contribution < -0.4 is 10.0 Å². The first-order valence-corrected chi connectivity index (χ1v) is 12.3. The number of furan rings is 1. The lowest BCUT2D eigenvalue weighted by Gasteiger charge is -2.08. The van der Waals surface area contributed by atoms with Gasteiger partial charge in [0, 0.05) is 21.7 Å². The molecule has 0 aliphatic rings. The minimum absolute atomic E-state index is 0.0550. The van der Waals surface area contributed by atoms with Crippen LogP contribution in [-0.4, -0.2) is 19.3 Å². The quantitative estimate of drug-likeness (QED) is 0.374. The first-order valence-electron chi connectivity index (χ1n) is 9.51. The molecule has 0 spiro atoms. The van der Waals surface area contributed by atoms with Gasteiger partial charge >= 0.3 is 0 Å². The maximum atomic E-state index is 12.4. The van der Waals surface area contributed by atoms with E-state index in [1.165, 1.54) is 29.7 Å². The van der Waals surface area contributed by atoms with Gasteiger partial charge in [0.25, 0.3) is 0 Å². The highest BCUT2D eigenvalue weighted by atomic mass is 35.5. The van der Waals surface area contributed by atoms with Crippen molar-refractivity contribution in [2.24, 2.45) is 0 Å². The lowest BCUT2D eigenvalue weighted by molar-refractivity contribution is -0.115. The molecule has 0 atom stereocenters. The molecule has 1 amide bonds. The lowest BCUT2D eigenvalue weighted by Crippen LogP contribution is -2.23. The maximum Gasteiger partial charge on any atom is 0.240 e. The zero-order valence-electron chi connectivity index (χ0n) is 16.6. The molecular weight excluding hydrogens is 470 g/mol. The number of sulfonamides is 1. The Hall–Kier alpha value is -2.98. The summed E-state index contributed by atoms with van der Waals surface area (Å²) in [6.07, 6.45) is 1.58. The summed E-state index contributed by atoms with van der Waals surface area (Å²) < 4.78 is 32.4. The second-order valence-electron chi connectivity index (χ2n) is 6.80. The third kappa shape index (κ3) is 5.63. The molecule has 0 aliphatic heterocycles. The van der Waals surface area contributed by atoms with Crippen molar-refractivity contribution < 1.29 is 17.6 Å². The van der Waals surface area contributed by atoms with Crippen molar-refractivity contribution in [3.8, 4) is 10.6 Å². The molecule has 0 aliphatic carbocycles. The van der Waals surface area contributed by atoms with Gasteiger partial charge in [-0.15, -0.1) is 11.3 Å². The number of thiazole rings is 1. The predicted octanol–water partition coefficient (Wildman–Crippen LogP) is 4.72. The van der Waals surface area contributed by atoms with Crippen LogP contribution in [0.3, 0.4) is 0 Å². The van der Waals surface area contributed by atoms with E-state index >= 15 is 0 Å². The van der Waals surface area contributed by atoms with Gasteiger partial charge in [0.15, 0.2) is 0 Å². The van der Waals surface area contributed by atoms with Crippen LogP contribution in [0.25, 0.3) is 10.6 Å². The van der Waals surface area contributed by atoms with Crippen LogP contribution >= 0.6 is 22.9 Å². The van der Waals surface area contributed by atoms with Crippen LogP contribution in [0.1, 0.15) is 11.5 Å². The van der Waals surface area contributed by atoms with E-state index in [9.17, 15) is 13.2 Å². The minimum atomic E-state index is -3.70. The first-order chi connectivity index (χ1) is 15.4. The molecule has 2 N–H and O–H groups in total. The molecule has 2 aromatic heterocycles. The lowest BCUT2D eigenvalue weighted by atomic mass is 10.2. The second-order valence-corrected chi connectivity index (χ2v) is 9.87. The van der Waals surface area contributed by atoms with Gasteiger partial charge in [-0.1, -0.05) is 23.7 Å². The Morgan fingerprint density at radius 1 is 1.06 bits per heavy atom. The van der Waals surface area contributed by atoms with Crippen LogP contribution in [-0.2, 0) is 27.8 Å². The summed E-state index contributed by atoms with van der Waals surface area (Å²) in [5, 5.41) is 6.05. The molecular formula is C22H18ClN3O4S2. The van der Waals surface area contributed by atoms with Gasteiger partial charge in [-0.3, -0.25) is 4.79 Å². The van der Waals surface area contributed by atoms with Crippen molar-refractivity contribution >= 4 is 44.6 Å². The molecule has 0 bridgehead atoms. The van der Waals surface area contributed by atoms with E-state index in [4.69, 9.17) is 16.0 Å². The van der Waals surface area contributed by atoms with Crippen molar-refractivity contribution in [2.75, 3.05) is 5.32 Å². The van der Waals surface area contributed by atoms with Crippen LogP contribution in [0.4, 0.5) is 5.69 Å². The van der Waals surface area contributed by atoms with Gasteiger partial charge in [0.2, 0.25) is 15.9 Å². The molecule has 10 heteroatoms. The van der Waals surface area contributed by atoms with E-state index in [1.807, 2.05) is 17.5 Å². The number of hydrogen-bond donors (Lipinski definition) is 2. The summed E-state index contributed by atoms with van der Waals surface area (Å²) >= 11 is 7.36. The smallest absolute Gasteiger partial charge is 0.240 e. The van der Waals surface area contributed by atoms with Gasteiger partial charge in [-0.25, -0.2) is 18.1 Å². The molecule has 32 heavy (non-hydrogen) atoms. The number of benzene rings is 2. The zero-order valence-corrected chi connectivity index (χ0v) is 19.0. The van der Waals surface area contributed by atoms with Crippen LogP contribution in [0.15, 0.2) is 81.6 Å². The number of anilines is 1. The number of carbonyl (C=O) groups is 1. The van der Waals surface area contributed by atoms with Crippen LogP contribution in [0, 0.1) is 0 Å². The van der Waals surface area contributed by atoms with Gasteiger partial charge < -0.3 is 9.73 Å². The summed E-state index contributed by atoms with van der Waals surface area (Å²) in [4.78, 5) is 17.0. The number of nitrogens with zero attached hydrogens (tertiary/aromatic N) is 1. The summed E-state index contributed by atoms with van der Waals surface area (Å²) in [5.74, 6) is 0.267. The molecule has 0 unspecified atom stereocenters. The fourth-order valence-electron chi connectivity index (χ4n) is 2.86. The average molecular weight is 488 g/mol. The van der Waals surface area contributed by atoms with Gasteiger partial charge in [-0.2, -0.15) is 0 Å². The molecule has 2 heterocycles. The maximum absolute atomic E-state index is 12.4. The van der Waals surface area contributed by atoms with Gasteiger partial charge in [-0.05, 0) is 48.5 Å². The van der Waals surface area contributed by atoms with E-state index in [0.717, 1.165) is 10.6 Å². The first kappa shape index (κ1) is 22.2. The number of rotatable bonds is 8. The molecule has 0 saturated carbocycles. The summed E-state index contributed by atoms with van der Waals surface area (Å²) in [7, 11) is -3.70. The van der Waals surface area contributed by atoms with Crippen molar-refractivity contribution in [1.29, 1.82) is 0 Å². The highest BCUT2D eigenvalue weighted by molar-refractivity contribution is 7.89. The second kappa shape index (κ2) is 9.66. The molecule has 164 valence electrons. The Morgan fingerprint density at radius 2 is 1.81 bits per heavy atom. The van der Waals surface area contributed by atoms with Crippen molar-refractivity contribution in [2.45, 2.75) is 17.9 Å². The monoisotopic (exact) mass is 487 g/mol. The summed E-state index contributed by atoms with van der Waals surface area (Å²) in [6.45, 7) is 0.0550. The SMILES string of the molecule is O=C(Cc1csc(-c2ccc(Cl)cc2)n1)Nc1ccc(S(=O)(=O)NCc2ccco2)cc1. The van der Waals surface area contributed by atoms with Crippen LogP contribution in [0.2, 0.25) is 5.02 Å².